The van der Waals surface area contributed by atoms with Crippen molar-refractivity contribution in [2.75, 3.05) is 40.3 Å². The minimum Gasteiger partial charge on any atom is -0.311 e. The molecular formula is C18H37N3. The summed E-state index contributed by atoms with van der Waals surface area (Å²) in [5.41, 5.74) is 0.747. The molecule has 0 bridgehead atoms. The van der Waals surface area contributed by atoms with Crippen LogP contribution in [0.4, 0.5) is 0 Å². The molecule has 1 saturated carbocycles. The summed E-state index contributed by atoms with van der Waals surface area (Å²) in [4.78, 5) is 5.17. The van der Waals surface area contributed by atoms with Gasteiger partial charge in [0.05, 0.1) is 0 Å². The van der Waals surface area contributed by atoms with Gasteiger partial charge in [-0.3, -0.25) is 0 Å². The molecule has 3 heteroatoms. The summed E-state index contributed by atoms with van der Waals surface area (Å²) in [5, 5.41) is 3.78. The molecule has 124 valence electrons. The molecule has 0 aromatic heterocycles. The molecule has 2 rings (SSSR count). The molecule has 21 heavy (non-hydrogen) atoms. The van der Waals surface area contributed by atoms with Crippen LogP contribution in [0, 0.1) is 5.41 Å². The van der Waals surface area contributed by atoms with E-state index in [1.165, 1.54) is 64.7 Å². The highest BCUT2D eigenvalue weighted by Crippen LogP contribution is 2.39. The Balaban J connectivity index is 1.92. The predicted molar refractivity (Wildman–Crippen MR) is 91.8 cm³/mol. The second kappa shape index (κ2) is 6.97. The molecule has 1 aliphatic heterocycles. The Labute approximate surface area is 132 Å². The molecule has 1 unspecified atom stereocenters. The Morgan fingerprint density at radius 2 is 1.86 bits per heavy atom. The van der Waals surface area contributed by atoms with Crippen molar-refractivity contribution < 1.29 is 0 Å². The first-order valence-electron chi connectivity index (χ1n) is 8.94. The largest absolute Gasteiger partial charge is 0.311 e. The lowest BCUT2D eigenvalue weighted by Gasteiger charge is -2.42. The van der Waals surface area contributed by atoms with Crippen molar-refractivity contribution in [1.29, 1.82) is 0 Å². The highest BCUT2D eigenvalue weighted by atomic mass is 15.2. The van der Waals surface area contributed by atoms with Crippen LogP contribution in [0.5, 0.6) is 0 Å². The fourth-order valence-corrected chi connectivity index (χ4v) is 4.13. The number of likely N-dealkylation sites (N-methyl/N-ethyl adjacent to an activating group) is 2. The summed E-state index contributed by atoms with van der Waals surface area (Å²) in [6, 6.07) is 0.760. The number of piperidine rings is 1. The first kappa shape index (κ1) is 17.2. The average Bonchev–Trinajstić information content (AvgIpc) is 2.85. The molecule has 0 spiro atoms. The summed E-state index contributed by atoms with van der Waals surface area (Å²) in [6.45, 7) is 11.8. The van der Waals surface area contributed by atoms with Gasteiger partial charge >= 0.3 is 0 Å². The first-order valence-corrected chi connectivity index (χ1v) is 8.94. The van der Waals surface area contributed by atoms with Gasteiger partial charge in [-0.15, -0.1) is 0 Å². The van der Waals surface area contributed by atoms with Gasteiger partial charge in [0.2, 0.25) is 0 Å². The van der Waals surface area contributed by atoms with Crippen molar-refractivity contribution in [3.8, 4) is 0 Å². The van der Waals surface area contributed by atoms with E-state index < -0.39 is 0 Å². The maximum Gasteiger partial charge on any atom is 0.0220 e. The van der Waals surface area contributed by atoms with E-state index >= 15 is 0 Å². The lowest BCUT2D eigenvalue weighted by Crippen LogP contribution is -2.51. The van der Waals surface area contributed by atoms with Crippen molar-refractivity contribution in [3.63, 3.8) is 0 Å². The smallest absolute Gasteiger partial charge is 0.0220 e. The Bertz CT molecular complexity index is 315. The van der Waals surface area contributed by atoms with E-state index in [-0.39, 0.29) is 5.54 Å². The van der Waals surface area contributed by atoms with Gasteiger partial charge in [-0.1, -0.05) is 12.8 Å². The molecule has 2 fully saturated rings. The van der Waals surface area contributed by atoms with Crippen LogP contribution >= 0.6 is 0 Å². The van der Waals surface area contributed by atoms with Gasteiger partial charge in [-0.25, -0.2) is 0 Å². The van der Waals surface area contributed by atoms with E-state index in [1.54, 1.807) is 0 Å². The average molecular weight is 296 g/mol. The van der Waals surface area contributed by atoms with Crippen LogP contribution < -0.4 is 5.32 Å². The molecule has 1 heterocycles. The Hall–Kier alpha value is -0.120. The minimum atomic E-state index is 0.235. The zero-order valence-corrected chi connectivity index (χ0v) is 15.0. The van der Waals surface area contributed by atoms with Crippen molar-refractivity contribution in [2.24, 2.45) is 5.41 Å². The molecule has 0 aromatic rings. The fourth-order valence-electron chi connectivity index (χ4n) is 4.13. The van der Waals surface area contributed by atoms with E-state index in [1.807, 2.05) is 0 Å². The molecule has 1 N–H and O–H groups in total. The predicted octanol–water partition coefficient (Wildman–Crippen LogP) is 2.96. The van der Waals surface area contributed by atoms with Crippen molar-refractivity contribution in [1.82, 2.24) is 15.1 Å². The van der Waals surface area contributed by atoms with Gasteiger partial charge in [0, 0.05) is 31.2 Å². The van der Waals surface area contributed by atoms with Gasteiger partial charge in [0.15, 0.2) is 0 Å². The quantitative estimate of drug-likeness (QED) is 0.841. The monoisotopic (exact) mass is 295 g/mol. The summed E-state index contributed by atoms with van der Waals surface area (Å²) in [5.74, 6) is 0. The Morgan fingerprint density at radius 1 is 1.19 bits per heavy atom. The number of nitrogens with one attached hydrogen (secondary N) is 1. The lowest BCUT2D eigenvalue weighted by molar-refractivity contribution is 0.0839. The summed E-state index contributed by atoms with van der Waals surface area (Å²) < 4.78 is 0. The minimum absolute atomic E-state index is 0.235. The lowest BCUT2D eigenvalue weighted by atomic mass is 9.84. The van der Waals surface area contributed by atoms with Gasteiger partial charge in [-0.2, -0.15) is 0 Å². The zero-order valence-electron chi connectivity index (χ0n) is 15.0. The standard InChI is InChI=1S/C18H37N3/c1-17(2,3)19-14-18(10-6-7-11-18)15-21(5)16-9-8-12-20(4)13-16/h16,19H,6-15H2,1-5H3. The third-order valence-corrected chi connectivity index (χ3v) is 5.47. The molecule has 1 saturated heterocycles. The Kier molecular flexibility index (Phi) is 5.72. The van der Waals surface area contributed by atoms with Crippen LogP contribution in [0.15, 0.2) is 0 Å². The van der Waals surface area contributed by atoms with E-state index in [0.29, 0.717) is 5.41 Å². The van der Waals surface area contributed by atoms with Crippen LogP contribution in [0.1, 0.15) is 59.3 Å². The van der Waals surface area contributed by atoms with Crippen molar-refractivity contribution in [2.45, 2.75) is 70.9 Å². The van der Waals surface area contributed by atoms with Gasteiger partial charge in [0.25, 0.3) is 0 Å². The Morgan fingerprint density at radius 3 is 2.43 bits per heavy atom. The SMILES string of the molecule is CN1CCCC(N(C)CC2(CNC(C)(C)C)CCCC2)C1. The fraction of sp³-hybridized carbons (Fsp3) is 1.00. The topological polar surface area (TPSA) is 18.5 Å². The van der Waals surface area contributed by atoms with Crippen LogP contribution in [0.25, 0.3) is 0 Å². The normalized spacial score (nSPS) is 27.4. The summed E-state index contributed by atoms with van der Waals surface area (Å²) in [6.07, 6.45) is 8.39. The number of nitrogens with zero attached hydrogens (tertiary/aromatic N) is 2. The third-order valence-electron chi connectivity index (χ3n) is 5.47. The number of likely N-dealkylation sites (tertiary alicyclic amines) is 1. The van der Waals surface area contributed by atoms with E-state index in [2.05, 4.69) is 50.0 Å². The summed E-state index contributed by atoms with van der Waals surface area (Å²) >= 11 is 0. The zero-order chi connectivity index (χ0) is 15.5. The van der Waals surface area contributed by atoms with Crippen LogP contribution in [-0.4, -0.2) is 61.7 Å². The van der Waals surface area contributed by atoms with E-state index in [4.69, 9.17) is 0 Å². The molecule has 0 aromatic carbocycles. The highest BCUT2D eigenvalue weighted by Gasteiger charge is 2.37. The number of hydrogen-bond acceptors (Lipinski definition) is 3. The first-order chi connectivity index (χ1) is 9.80. The molecule has 3 nitrogen and oxygen atoms in total. The van der Waals surface area contributed by atoms with Crippen molar-refractivity contribution in [3.05, 3.63) is 0 Å². The van der Waals surface area contributed by atoms with Gasteiger partial charge in [0.1, 0.15) is 0 Å². The molecule has 1 atom stereocenters. The van der Waals surface area contributed by atoms with Crippen LogP contribution in [0.3, 0.4) is 0 Å². The number of hydrogen-bond donors (Lipinski definition) is 1. The van der Waals surface area contributed by atoms with Gasteiger partial charge < -0.3 is 15.1 Å². The van der Waals surface area contributed by atoms with Crippen LogP contribution in [0.2, 0.25) is 0 Å². The van der Waals surface area contributed by atoms with Crippen LogP contribution in [-0.2, 0) is 0 Å². The summed E-state index contributed by atoms with van der Waals surface area (Å²) in [7, 11) is 4.63. The van der Waals surface area contributed by atoms with E-state index in [9.17, 15) is 0 Å². The molecular weight excluding hydrogens is 258 g/mol. The third kappa shape index (κ3) is 5.22. The molecule has 0 radical (unpaired) electrons. The second-order valence-corrected chi connectivity index (χ2v) is 8.78. The maximum absolute atomic E-state index is 3.78. The molecule has 0 amide bonds. The molecule has 2 aliphatic rings. The number of rotatable bonds is 5. The highest BCUT2D eigenvalue weighted by molar-refractivity contribution is 4.92. The van der Waals surface area contributed by atoms with E-state index in [0.717, 1.165) is 6.04 Å². The van der Waals surface area contributed by atoms with Gasteiger partial charge in [-0.05, 0) is 72.5 Å². The molecule has 1 aliphatic carbocycles. The maximum atomic E-state index is 3.78. The second-order valence-electron chi connectivity index (χ2n) is 8.78. The van der Waals surface area contributed by atoms with Crippen molar-refractivity contribution >= 4 is 0 Å².